The first-order chi connectivity index (χ1) is 12.2. The van der Waals surface area contributed by atoms with E-state index in [-0.39, 0.29) is 35.5 Å². The van der Waals surface area contributed by atoms with Crippen molar-refractivity contribution in [1.82, 2.24) is 0 Å². The van der Waals surface area contributed by atoms with E-state index >= 15 is 0 Å². The molecule has 0 aliphatic heterocycles. The van der Waals surface area contributed by atoms with Gasteiger partial charge in [0, 0.05) is 0 Å². The molecule has 3 rings (SSSR count). The van der Waals surface area contributed by atoms with Gasteiger partial charge in [-0.25, -0.2) is 0 Å². The van der Waals surface area contributed by atoms with Crippen LogP contribution < -0.4 is 32.8 Å². The fraction of sp³-hybridized carbons (Fsp3) is 0.250. The molecule has 0 aliphatic carbocycles. The van der Waals surface area contributed by atoms with Gasteiger partial charge in [0.05, 0.1) is 8.32 Å². The van der Waals surface area contributed by atoms with Gasteiger partial charge in [0.1, 0.15) is 0 Å². The van der Waals surface area contributed by atoms with Gasteiger partial charge in [-0.05, 0) is 74.9 Å². The summed E-state index contributed by atoms with van der Waals surface area (Å²) in [6.07, 6.45) is 0. The van der Waals surface area contributed by atoms with E-state index in [0.717, 1.165) is 15.6 Å². The Hall–Kier alpha value is -1.11. The van der Waals surface area contributed by atoms with Crippen LogP contribution >= 0.6 is 0 Å². The molecule has 0 heterocycles. The third kappa shape index (κ3) is 4.55. The molecule has 0 aromatic heterocycles. The topological polar surface area (TPSA) is 23.1 Å². The summed E-state index contributed by atoms with van der Waals surface area (Å²) in [5, 5.41) is 2.81. The summed E-state index contributed by atoms with van der Waals surface area (Å²) >= 11 is 0. The fourth-order valence-corrected chi connectivity index (χ4v) is 6.59. The molecular weight excluding hydrogens is 392 g/mol. The molecule has 0 atom stereocenters. The Morgan fingerprint density at radius 1 is 0.500 bits per heavy atom. The Balaban J connectivity index is 0.00000196. The van der Waals surface area contributed by atoms with Gasteiger partial charge in [-0.15, -0.1) is 0 Å². The summed E-state index contributed by atoms with van der Waals surface area (Å²) in [5.41, 5.74) is 7.23. The van der Waals surface area contributed by atoms with Crippen LogP contribution in [-0.4, -0.2) is 31.4 Å². The summed E-state index contributed by atoms with van der Waals surface area (Å²) in [7, 11) is -3.29. The molecule has 0 unspecified atom stereocenters. The Morgan fingerprint density at radius 3 is 0.964 bits per heavy atom. The SMILES string of the molecule is Cc1ccc([Si]([O-])(c2ccc(C)c(C)c2)c2ccc(C)c(C)c2)cc1C.[Cl-].[Mg+2]. The van der Waals surface area contributed by atoms with Crippen molar-refractivity contribution in [1.29, 1.82) is 0 Å². The number of hydrogen-bond donors (Lipinski definition) is 0. The molecule has 0 radical (unpaired) electrons. The minimum absolute atomic E-state index is 0. The summed E-state index contributed by atoms with van der Waals surface area (Å²) in [5.74, 6) is 0. The second kappa shape index (κ2) is 9.59. The summed E-state index contributed by atoms with van der Waals surface area (Å²) in [6.45, 7) is 12.6. The number of hydrogen-bond acceptors (Lipinski definition) is 1. The van der Waals surface area contributed by atoms with Crippen molar-refractivity contribution in [3.63, 3.8) is 0 Å². The van der Waals surface area contributed by atoms with Gasteiger partial charge in [-0.2, -0.15) is 0 Å². The van der Waals surface area contributed by atoms with Crippen molar-refractivity contribution in [2.24, 2.45) is 0 Å². The van der Waals surface area contributed by atoms with Crippen LogP contribution in [0, 0.1) is 41.5 Å². The monoisotopic (exact) mass is 418 g/mol. The van der Waals surface area contributed by atoms with Crippen LogP contribution in [-0.2, 0) is 0 Å². The number of halogens is 1. The van der Waals surface area contributed by atoms with E-state index in [0.29, 0.717) is 0 Å². The summed E-state index contributed by atoms with van der Waals surface area (Å²) in [4.78, 5) is 14.6. The molecule has 0 bridgehead atoms. The molecule has 142 valence electrons. The van der Waals surface area contributed by atoms with E-state index in [1.807, 2.05) is 18.2 Å². The van der Waals surface area contributed by atoms with Crippen molar-refractivity contribution in [2.75, 3.05) is 0 Å². The Bertz CT molecular complexity index is 859. The molecule has 1 nitrogen and oxygen atoms in total. The van der Waals surface area contributed by atoms with E-state index in [1.54, 1.807) is 0 Å². The van der Waals surface area contributed by atoms with Crippen molar-refractivity contribution < 1.29 is 17.2 Å². The maximum Gasteiger partial charge on any atom is 2.00 e. The molecule has 0 aliphatic rings. The van der Waals surface area contributed by atoms with Gasteiger partial charge in [0.2, 0.25) is 0 Å². The number of rotatable bonds is 3. The van der Waals surface area contributed by atoms with Gasteiger partial charge >= 0.3 is 23.1 Å². The number of aryl methyl sites for hydroxylation is 6. The van der Waals surface area contributed by atoms with Gasteiger partial charge in [-0.3, -0.25) is 0 Å². The molecule has 4 heteroatoms. The molecular formula is C24H27ClMgOSi. The van der Waals surface area contributed by atoms with Crippen LogP contribution in [0.5, 0.6) is 0 Å². The molecule has 0 amide bonds. The van der Waals surface area contributed by atoms with Crippen LogP contribution in [0.2, 0.25) is 0 Å². The first-order valence-electron chi connectivity index (χ1n) is 9.17. The molecule has 3 aromatic carbocycles. The third-order valence-corrected chi connectivity index (χ3v) is 9.11. The van der Waals surface area contributed by atoms with E-state index in [4.69, 9.17) is 0 Å². The van der Waals surface area contributed by atoms with Crippen molar-refractivity contribution in [3.8, 4) is 0 Å². The molecule has 3 aromatic rings. The van der Waals surface area contributed by atoms with E-state index in [2.05, 4.69) is 77.9 Å². The van der Waals surface area contributed by atoms with Crippen molar-refractivity contribution in [2.45, 2.75) is 41.5 Å². The van der Waals surface area contributed by atoms with E-state index < -0.39 is 8.32 Å². The molecule has 0 spiro atoms. The fourth-order valence-electron chi connectivity index (χ4n) is 3.38. The van der Waals surface area contributed by atoms with Crippen LogP contribution in [0.3, 0.4) is 0 Å². The molecule has 0 saturated carbocycles. The smallest absolute Gasteiger partial charge is 1.00 e. The molecule has 0 saturated heterocycles. The third-order valence-electron chi connectivity index (χ3n) is 5.74. The average Bonchev–Trinajstić information content (AvgIpc) is 2.61. The molecule has 0 N–H and O–H groups in total. The maximum absolute atomic E-state index is 14.6. The van der Waals surface area contributed by atoms with Gasteiger partial charge < -0.3 is 17.2 Å². The quantitative estimate of drug-likeness (QED) is 0.414. The second-order valence-corrected chi connectivity index (χ2v) is 10.7. The maximum atomic E-state index is 14.6. The molecule has 28 heavy (non-hydrogen) atoms. The first kappa shape index (κ1) is 24.9. The minimum atomic E-state index is -3.29. The Kier molecular flexibility index (Phi) is 8.54. The second-order valence-electron chi connectivity index (χ2n) is 7.58. The average molecular weight is 419 g/mol. The Labute approximate surface area is 192 Å². The Morgan fingerprint density at radius 2 is 0.750 bits per heavy atom. The zero-order chi connectivity index (χ0) is 19.1. The van der Waals surface area contributed by atoms with Crippen LogP contribution in [0.15, 0.2) is 54.6 Å². The zero-order valence-electron chi connectivity index (χ0n) is 17.7. The van der Waals surface area contributed by atoms with Crippen molar-refractivity contribution >= 4 is 46.9 Å². The van der Waals surface area contributed by atoms with Gasteiger partial charge in [-0.1, -0.05) is 70.2 Å². The normalized spacial score (nSPS) is 10.8. The predicted molar refractivity (Wildman–Crippen MR) is 118 cm³/mol. The van der Waals surface area contributed by atoms with Crippen LogP contribution in [0.4, 0.5) is 0 Å². The summed E-state index contributed by atoms with van der Waals surface area (Å²) in [6, 6.07) is 18.7. The van der Waals surface area contributed by atoms with Crippen molar-refractivity contribution in [3.05, 3.63) is 88.0 Å². The minimum Gasteiger partial charge on any atom is -1.00 e. The first-order valence-corrected chi connectivity index (χ1v) is 11.1. The van der Waals surface area contributed by atoms with Crippen LogP contribution in [0.25, 0.3) is 0 Å². The standard InChI is InChI=1S/C24H27OSi.ClH.Mg/c1-16-7-10-22(13-19(16)4)26(25,23-11-8-17(2)20(5)14-23)24-12-9-18(3)21(6)15-24;;/h7-15H,1-6H3;1H;/q-1;;+2/p-1. The van der Waals surface area contributed by atoms with Gasteiger partial charge in [0.15, 0.2) is 0 Å². The van der Waals surface area contributed by atoms with Crippen LogP contribution in [0.1, 0.15) is 33.4 Å². The molecule has 0 fully saturated rings. The largest absolute Gasteiger partial charge is 2.00 e. The van der Waals surface area contributed by atoms with Gasteiger partial charge in [0.25, 0.3) is 0 Å². The predicted octanol–water partition coefficient (Wildman–Crippen LogP) is -0.512. The number of benzene rings is 3. The summed E-state index contributed by atoms with van der Waals surface area (Å²) < 4.78 is 0. The zero-order valence-corrected chi connectivity index (χ0v) is 20.9. The van der Waals surface area contributed by atoms with E-state index in [9.17, 15) is 4.80 Å². The van der Waals surface area contributed by atoms with E-state index in [1.165, 1.54) is 33.4 Å².